The number of aromatic nitrogens is 1. The third-order valence-electron chi connectivity index (χ3n) is 2.80. The molecule has 0 saturated heterocycles. The summed E-state index contributed by atoms with van der Waals surface area (Å²) >= 11 is 1.69. The smallest absolute Gasteiger partial charge is 0.262 e. The first-order valence-electron chi connectivity index (χ1n) is 5.90. The van der Waals surface area contributed by atoms with Gasteiger partial charge in [-0.25, -0.2) is 0 Å². The number of pyridine rings is 1. The highest BCUT2D eigenvalue weighted by molar-refractivity contribution is 7.11. The average Bonchev–Trinajstić information content (AvgIpc) is 2.88. The van der Waals surface area contributed by atoms with Gasteiger partial charge >= 0.3 is 0 Å². The van der Waals surface area contributed by atoms with Gasteiger partial charge in [0.05, 0.1) is 12.1 Å². The number of hydrogen-bond donors (Lipinski definition) is 2. The van der Waals surface area contributed by atoms with E-state index in [1.165, 1.54) is 4.88 Å². The molecule has 0 amide bonds. The van der Waals surface area contributed by atoms with Crippen molar-refractivity contribution >= 4 is 17.2 Å². The summed E-state index contributed by atoms with van der Waals surface area (Å²) in [7, 11) is 0. The van der Waals surface area contributed by atoms with Gasteiger partial charge in [-0.2, -0.15) is 0 Å². The highest BCUT2D eigenvalue weighted by atomic mass is 32.1. The van der Waals surface area contributed by atoms with E-state index in [4.69, 9.17) is 10.9 Å². The molecule has 2 aromatic heterocycles. The lowest BCUT2D eigenvalue weighted by Gasteiger charge is -2.05. The standard InChI is InChI=1S/C13H15N3O2S/c1-2-9-5-6-10(19-9)8-16-7-3-4-11(13(16)17)12(14)15-18/h3-7,18H,2,8H2,1H3,(H2,14,15). The Kier molecular flexibility index (Phi) is 4.01. The molecule has 0 fully saturated rings. The molecule has 6 heteroatoms. The van der Waals surface area contributed by atoms with Crippen molar-refractivity contribution in [3.8, 4) is 0 Å². The third-order valence-corrected chi connectivity index (χ3v) is 4.01. The quantitative estimate of drug-likeness (QED) is 0.385. The SMILES string of the molecule is CCc1ccc(Cn2cccc(/C(N)=N/O)c2=O)s1. The normalized spacial score (nSPS) is 11.7. The summed E-state index contributed by atoms with van der Waals surface area (Å²) < 4.78 is 1.55. The van der Waals surface area contributed by atoms with E-state index in [-0.39, 0.29) is 17.0 Å². The van der Waals surface area contributed by atoms with E-state index in [1.54, 1.807) is 34.2 Å². The number of oxime groups is 1. The molecule has 0 radical (unpaired) electrons. The lowest BCUT2D eigenvalue weighted by Crippen LogP contribution is -2.29. The van der Waals surface area contributed by atoms with E-state index in [0.29, 0.717) is 6.54 Å². The molecular formula is C13H15N3O2S. The fourth-order valence-electron chi connectivity index (χ4n) is 1.78. The molecule has 2 aromatic rings. The Morgan fingerprint density at radius 3 is 2.79 bits per heavy atom. The van der Waals surface area contributed by atoms with Gasteiger partial charge in [0, 0.05) is 16.0 Å². The van der Waals surface area contributed by atoms with Crippen LogP contribution in [-0.2, 0) is 13.0 Å². The van der Waals surface area contributed by atoms with E-state index >= 15 is 0 Å². The highest BCUT2D eigenvalue weighted by Gasteiger charge is 2.08. The van der Waals surface area contributed by atoms with Crippen LogP contribution in [0.3, 0.4) is 0 Å². The molecule has 0 unspecified atom stereocenters. The molecule has 0 aliphatic carbocycles. The van der Waals surface area contributed by atoms with Crippen molar-refractivity contribution in [3.63, 3.8) is 0 Å². The van der Waals surface area contributed by atoms with E-state index in [0.717, 1.165) is 11.3 Å². The van der Waals surface area contributed by atoms with Crippen molar-refractivity contribution < 1.29 is 5.21 Å². The second-order valence-corrected chi connectivity index (χ2v) is 5.31. The minimum Gasteiger partial charge on any atom is -0.409 e. The van der Waals surface area contributed by atoms with E-state index in [2.05, 4.69) is 18.1 Å². The first kappa shape index (κ1) is 13.4. The van der Waals surface area contributed by atoms with Gasteiger partial charge in [-0.3, -0.25) is 4.79 Å². The van der Waals surface area contributed by atoms with Crippen LogP contribution in [-0.4, -0.2) is 15.6 Å². The van der Waals surface area contributed by atoms with Gasteiger partial charge in [0.25, 0.3) is 5.56 Å². The molecule has 0 saturated carbocycles. The van der Waals surface area contributed by atoms with Crippen LogP contribution >= 0.6 is 11.3 Å². The first-order valence-corrected chi connectivity index (χ1v) is 6.72. The predicted molar refractivity (Wildman–Crippen MR) is 76.0 cm³/mol. The van der Waals surface area contributed by atoms with Gasteiger partial charge in [-0.15, -0.1) is 11.3 Å². The Morgan fingerprint density at radius 1 is 1.42 bits per heavy atom. The zero-order valence-electron chi connectivity index (χ0n) is 10.5. The minimum absolute atomic E-state index is 0.167. The number of nitrogens with two attached hydrogens (primary N) is 1. The van der Waals surface area contributed by atoms with Crippen molar-refractivity contribution in [1.82, 2.24) is 4.57 Å². The van der Waals surface area contributed by atoms with Crippen LogP contribution < -0.4 is 11.3 Å². The molecule has 0 aromatic carbocycles. The lowest BCUT2D eigenvalue weighted by molar-refractivity contribution is 0.318. The monoisotopic (exact) mass is 277 g/mol. The molecule has 19 heavy (non-hydrogen) atoms. The molecule has 3 N–H and O–H groups in total. The molecule has 2 heterocycles. The summed E-state index contributed by atoms with van der Waals surface area (Å²) in [5.74, 6) is -0.167. The number of aryl methyl sites for hydroxylation is 1. The van der Waals surface area contributed by atoms with Crippen molar-refractivity contribution in [2.75, 3.05) is 0 Å². The Balaban J connectivity index is 2.33. The van der Waals surface area contributed by atoms with Gasteiger partial charge in [0.15, 0.2) is 5.84 Å². The van der Waals surface area contributed by atoms with Crippen molar-refractivity contribution in [1.29, 1.82) is 0 Å². The van der Waals surface area contributed by atoms with Crippen LogP contribution in [0.2, 0.25) is 0 Å². The molecular weight excluding hydrogens is 262 g/mol. The zero-order valence-corrected chi connectivity index (χ0v) is 11.4. The van der Waals surface area contributed by atoms with Gasteiger partial charge in [-0.1, -0.05) is 12.1 Å². The van der Waals surface area contributed by atoms with Gasteiger partial charge in [0.1, 0.15) is 0 Å². The van der Waals surface area contributed by atoms with Crippen LogP contribution in [0.15, 0.2) is 40.4 Å². The van der Waals surface area contributed by atoms with Crippen LogP contribution in [0.4, 0.5) is 0 Å². The van der Waals surface area contributed by atoms with Gasteiger partial charge < -0.3 is 15.5 Å². The summed E-state index contributed by atoms with van der Waals surface area (Å²) in [6.07, 6.45) is 2.69. The number of hydrogen-bond acceptors (Lipinski definition) is 4. The highest BCUT2D eigenvalue weighted by Crippen LogP contribution is 2.17. The van der Waals surface area contributed by atoms with Crippen LogP contribution in [0.1, 0.15) is 22.2 Å². The van der Waals surface area contributed by atoms with Crippen molar-refractivity contribution in [2.24, 2.45) is 10.9 Å². The largest absolute Gasteiger partial charge is 0.409 e. The van der Waals surface area contributed by atoms with Crippen LogP contribution in [0.25, 0.3) is 0 Å². The second-order valence-electron chi connectivity index (χ2n) is 4.06. The maximum absolute atomic E-state index is 12.1. The Labute approximate surface area is 114 Å². The maximum atomic E-state index is 12.1. The van der Waals surface area contributed by atoms with E-state index < -0.39 is 0 Å². The summed E-state index contributed by atoms with van der Waals surface area (Å²) in [5, 5.41) is 11.5. The van der Waals surface area contributed by atoms with Gasteiger partial charge in [-0.05, 0) is 30.7 Å². The summed E-state index contributed by atoms with van der Waals surface area (Å²) in [5.41, 5.74) is 5.42. The lowest BCUT2D eigenvalue weighted by atomic mass is 10.2. The Bertz CT molecular complexity index is 658. The van der Waals surface area contributed by atoms with Crippen molar-refractivity contribution in [2.45, 2.75) is 19.9 Å². The number of thiophene rings is 1. The fraction of sp³-hybridized carbons (Fsp3) is 0.231. The molecule has 0 aliphatic heterocycles. The topological polar surface area (TPSA) is 80.6 Å². The summed E-state index contributed by atoms with van der Waals surface area (Å²) in [6, 6.07) is 7.34. The Hall–Kier alpha value is -2.08. The van der Waals surface area contributed by atoms with E-state index in [1.807, 2.05) is 6.07 Å². The molecule has 0 atom stereocenters. The molecule has 0 aliphatic rings. The average molecular weight is 277 g/mol. The number of nitrogens with zero attached hydrogens (tertiary/aromatic N) is 2. The molecule has 100 valence electrons. The second kappa shape index (κ2) is 5.71. The molecule has 2 rings (SSSR count). The maximum Gasteiger partial charge on any atom is 0.262 e. The van der Waals surface area contributed by atoms with Crippen molar-refractivity contribution in [3.05, 3.63) is 56.1 Å². The molecule has 0 bridgehead atoms. The van der Waals surface area contributed by atoms with Crippen LogP contribution in [0, 0.1) is 0 Å². The van der Waals surface area contributed by atoms with E-state index in [9.17, 15) is 4.79 Å². The molecule has 5 nitrogen and oxygen atoms in total. The Morgan fingerprint density at radius 2 is 2.16 bits per heavy atom. The third kappa shape index (κ3) is 2.85. The van der Waals surface area contributed by atoms with Crippen LogP contribution in [0.5, 0.6) is 0 Å². The zero-order chi connectivity index (χ0) is 13.8. The number of rotatable bonds is 4. The summed E-state index contributed by atoms with van der Waals surface area (Å²) in [6.45, 7) is 2.59. The fourth-order valence-corrected chi connectivity index (χ4v) is 2.73. The molecule has 0 spiro atoms. The number of amidine groups is 1. The predicted octanol–water partition coefficient (Wildman–Crippen LogP) is 1.62. The first-order chi connectivity index (χ1) is 9.15. The van der Waals surface area contributed by atoms with Gasteiger partial charge in [0.2, 0.25) is 0 Å². The summed E-state index contributed by atoms with van der Waals surface area (Å²) in [4.78, 5) is 14.5. The minimum atomic E-state index is -0.260.